The zero-order valence-corrected chi connectivity index (χ0v) is 13.3. The predicted molar refractivity (Wildman–Crippen MR) is 78.7 cm³/mol. The number of aryl methyl sites for hydroxylation is 1. The van der Waals surface area contributed by atoms with Gasteiger partial charge in [0.2, 0.25) is 0 Å². The van der Waals surface area contributed by atoms with Crippen molar-refractivity contribution in [3.8, 4) is 0 Å². The maximum Gasteiger partial charge on any atom is 0.410 e. The minimum Gasteiger partial charge on any atom is -0.447 e. The third kappa shape index (κ3) is 2.50. The molecular weight excluding hydrogens is 290 g/mol. The number of aromatic nitrogens is 1. The van der Waals surface area contributed by atoms with E-state index in [0.29, 0.717) is 32.2 Å². The number of thiazole rings is 1. The lowest BCUT2D eigenvalue weighted by Gasteiger charge is -2.35. The number of carbonyl (C=O) groups is 2. The van der Waals surface area contributed by atoms with Crippen LogP contribution in [0, 0.1) is 6.92 Å². The number of hydrogen-bond acceptors (Lipinski definition) is 5. The van der Waals surface area contributed by atoms with Crippen molar-refractivity contribution in [2.75, 3.05) is 26.2 Å². The van der Waals surface area contributed by atoms with Crippen LogP contribution in [0.3, 0.4) is 0 Å². The van der Waals surface area contributed by atoms with E-state index >= 15 is 0 Å². The molecule has 0 spiro atoms. The van der Waals surface area contributed by atoms with Crippen molar-refractivity contribution >= 4 is 23.3 Å². The van der Waals surface area contributed by atoms with Crippen LogP contribution >= 0.6 is 11.3 Å². The molecule has 2 amide bonds. The number of fused-ring (bicyclic) bond motifs is 1. The molecule has 3 heterocycles. The van der Waals surface area contributed by atoms with Crippen LogP contribution in [0.15, 0.2) is 0 Å². The summed E-state index contributed by atoms with van der Waals surface area (Å²) in [6, 6.07) is -0.00648. The number of ether oxygens (including phenoxy) is 1. The van der Waals surface area contributed by atoms with E-state index in [2.05, 4.69) is 18.8 Å². The van der Waals surface area contributed by atoms with Crippen molar-refractivity contribution in [1.29, 1.82) is 0 Å². The summed E-state index contributed by atoms with van der Waals surface area (Å²) in [6.45, 7) is 8.05. The molecular formula is C14H19N3O3S. The summed E-state index contributed by atoms with van der Waals surface area (Å²) < 4.78 is 5.03. The smallest absolute Gasteiger partial charge is 0.410 e. The Hall–Kier alpha value is -1.63. The van der Waals surface area contributed by atoms with Gasteiger partial charge in [-0.25, -0.2) is 9.78 Å². The average molecular weight is 309 g/mol. The Morgan fingerprint density at radius 3 is 2.86 bits per heavy atom. The number of amides is 2. The minimum absolute atomic E-state index is 0.00648. The van der Waals surface area contributed by atoms with Crippen LogP contribution in [0.1, 0.15) is 40.1 Å². The highest BCUT2D eigenvalue weighted by molar-refractivity contribution is 7.13. The first-order chi connectivity index (χ1) is 9.97. The quantitative estimate of drug-likeness (QED) is 0.836. The Morgan fingerprint density at radius 2 is 2.19 bits per heavy atom. The van der Waals surface area contributed by atoms with Crippen LogP contribution in [0.5, 0.6) is 0 Å². The number of rotatable bonds is 2. The second-order valence-corrected chi connectivity index (χ2v) is 6.83. The molecule has 1 aromatic rings. The zero-order valence-electron chi connectivity index (χ0n) is 12.5. The van der Waals surface area contributed by atoms with Crippen LogP contribution < -0.4 is 0 Å². The number of carbonyl (C=O) groups excluding carboxylic acids is 2. The summed E-state index contributed by atoms with van der Waals surface area (Å²) in [7, 11) is 0. The molecule has 0 N–H and O–H groups in total. The van der Waals surface area contributed by atoms with Gasteiger partial charge in [0.15, 0.2) is 0 Å². The van der Waals surface area contributed by atoms with Crippen LogP contribution in [0.2, 0.25) is 0 Å². The predicted octanol–water partition coefficient (Wildman–Crippen LogP) is 1.85. The van der Waals surface area contributed by atoms with Gasteiger partial charge in [-0.05, 0) is 6.92 Å². The molecule has 114 valence electrons. The average Bonchev–Trinajstić information content (AvgIpc) is 3.02. The maximum atomic E-state index is 12.7. The third-order valence-electron chi connectivity index (χ3n) is 3.90. The second-order valence-electron chi connectivity index (χ2n) is 5.80. The number of hydrogen-bond donors (Lipinski definition) is 0. The first-order valence-electron chi connectivity index (χ1n) is 7.17. The highest BCUT2D eigenvalue weighted by Crippen LogP contribution is 2.27. The summed E-state index contributed by atoms with van der Waals surface area (Å²) in [5.41, 5.74) is 0.801. The number of cyclic esters (lactones) is 1. The van der Waals surface area contributed by atoms with E-state index in [1.165, 1.54) is 11.3 Å². The molecule has 1 atom stereocenters. The van der Waals surface area contributed by atoms with Crippen molar-refractivity contribution in [2.45, 2.75) is 32.7 Å². The number of piperazine rings is 1. The highest BCUT2D eigenvalue weighted by atomic mass is 32.1. The molecule has 6 nitrogen and oxygen atoms in total. The van der Waals surface area contributed by atoms with E-state index < -0.39 is 0 Å². The molecule has 0 bridgehead atoms. The van der Waals surface area contributed by atoms with Crippen molar-refractivity contribution in [3.05, 3.63) is 15.6 Å². The van der Waals surface area contributed by atoms with Gasteiger partial charge in [0, 0.05) is 25.6 Å². The SMILES string of the molecule is Cc1nc(C(C)C)sc1C(=O)N1CCN2C(=O)OC[C@H]2C1. The lowest BCUT2D eigenvalue weighted by molar-refractivity contribution is 0.0620. The second kappa shape index (κ2) is 5.29. The summed E-state index contributed by atoms with van der Waals surface area (Å²) in [6.07, 6.45) is -0.261. The molecule has 0 aromatic carbocycles. The van der Waals surface area contributed by atoms with E-state index in [-0.39, 0.29) is 18.0 Å². The fourth-order valence-electron chi connectivity index (χ4n) is 2.68. The van der Waals surface area contributed by atoms with Gasteiger partial charge in [0.25, 0.3) is 5.91 Å². The van der Waals surface area contributed by atoms with E-state index in [4.69, 9.17) is 4.74 Å². The van der Waals surface area contributed by atoms with Gasteiger partial charge in [-0.1, -0.05) is 13.8 Å². The van der Waals surface area contributed by atoms with E-state index in [0.717, 1.165) is 15.6 Å². The molecule has 2 aliphatic heterocycles. The molecule has 3 rings (SSSR count). The minimum atomic E-state index is -0.261. The van der Waals surface area contributed by atoms with Gasteiger partial charge in [-0.3, -0.25) is 9.69 Å². The molecule has 0 radical (unpaired) electrons. The molecule has 0 saturated carbocycles. The Labute approximate surface area is 127 Å². The molecule has 7 heteroatoms. The Balaban J connectivity index is 1.75. The molecule has 2 saturated heterocycles. The first kappa shape index (κ1) is 14.3. The van der Waals surface area contributed by atoms with E-state index in [1.807, 2.05) is 11.8 Å². The largest absolute Gasteiger partial charge is 0.447 e. The van der Waals surface area contributed by atoms with E-state index in [9.17, 15) is 9.59 Å². The van der Waals surface area contributed by atoms with Crippen LogP contribution in [-0.4, -0.2) is 59.1 Å². The van der Waals surface area contributed by atoms with Crippen molar-refractivity contribution in [2.24, 2.45) is 0 Å². The molecule has 2 aliphatic rings. The summed E-state index contributed by atoms with van der Waals surface area (Å²) in [5.74, 6) is 0.351. The van der Waals surface area contributed by atoms with Crippen LogP contribution in [-0.2, 0) is 4.74 Å². The molecule has 0 unspecified atom stereocenters. The molecule has 21 heavy (non-hydrogen) atoms. The lowest BCUT2D eigenvalue weighted by Crippen LogP contribution is -2.53. The van der Waals surface area contributed by atoms with Gasteiger partial charge in [0.05, 0.1) is 16.7 Å². The van der Waals surface area contributed by atoms with Gasteiger partial charge in [-0.2, -0.15) is 0 Å². The van der Waals surface area contributed by atoms with Gasteiger partial charge < -0.3 is 9.64 Å². The first-order valence-corrected chi connectivity index (χ1v) is 7.99. The monoisotopic (exact) mass is 309 g/mol. The standard InChI is InChI=1S/C14H19N3O3S/c1-8(2)12-15-9(3)11(21-12)13(18)16-4-5-17-10(6-16)7-20-14(17)19/h8,10H,4-7H2,1-3H3/t10-/m1/s1. The Bertz CT molecular complexity index is 584. The Kier molecular flexibility index (Phi) is 3.61. The third-order valence-corrected chi connectivity index (χ3v) is 5.35. The van der Waals surface area contributed by atoms with Crippen molar-refractivity contribution in [1.82, 2.24) is 14.8 Å². The molecule has 1 aromatic heterocycles. The normalized spacial score (nSPS) is 21.7. The summed E-state index contributed by atoms with van der Waals surface area (Å²) >= 11 is 1.48. The summed E-state index contributed by atoms with van der Waals surface area (Å²) in [4.78, 5) is 32.9. The summed E-state index contributed by atoms with van der Waals surface area (Å²) in [5, 5.41) is 0.994. The topological polar surface area (TPSA) is 62.7 Å². The molecule has 2 fully saturated rings. The van der Waals surface area contributed by atoms with Gasteiger partial charge in [-0.15, -0.1) is 11.3 Å². The van der Waals surface area contributed by atoms with Gasteiger partial charge in [0.1, 0.15) is 11.5 Å². The fraction of sp³-hybridized carbons (Fsp3) is 0.643. The van der Waals surface area contributed by atoms with E-state index in [1.54, 1.807) is 4.90 Å². The maximum absolute atomic E-state index is 12.7. The van der Waals surface area contributed by atoms with Crippen LogP contribution in [0.4, 0.5) is 4.79 Å². The van der Waals surface area contributed by atoms with Gasteiger partial charge >= 0.3 is 6.09 Å². The Morgan fingerprint density at radius 1 is 1.43 bits per heavy atom. The lowest BCUT2D eigenvalue weighted by atomic mass is 10.2. The number of nitrogens with zero attached hydrogens (tertiary/aromatic N) is 3. The van der Waals surface area contributed by atoms with Crippen molar-refractivity contribution in [3.63, 3.8) is 0 Å². The fourth-order valence-corrected chi connectivity index (χ4v) is 3.72. The highest BCUT2D eigenvalue weighted by Gasteiger charge is 2.39. The zero-order chi connectivity index (χ0) is 15.1. The molecule has 0 aliphatic carbocycles. The van der Waals surface area contributed by atoms with Crippen molar-refractivity contribution < 1.29 is 14.3 Å². The van der Waals surface area contributed by atoms with Crippen LogP contribution in [0.25, 0.3) is 0 Å².